The molecule has 0 heterocycles. The summed E-state index contributed by atoms with van der Waals surface area (Å²) in [6.07, 6.45) is 1.12. The first-order valence-electron chi connectivity index (χ1n) is 3.81. The molecule has 0 atom stereocenters. The molecule has 0 unspecified atom stereocenters. The van der Waals surface area contributed by atoms with Gasteiger partial charge in [-0.15, -0.1) is 0 Å². The van der Waals surface area contributed by atoms with Crippen molar-refractivity contribution < 1.29 is 19.8 Å². The molecule has 0 radical (unpaired) electrons. The number of aliphatic carboxylic acids is 2. The molecule has 70 valence electrons. The fourth-order valence-electron chi connectivity index (χ4n) is 1.35. The van der Waals surface area contributed by atoms with Crippen molar-refractivity contribution in [1.29, 1.82) is 5.41 Å². The molecule has 0 aliphatic heterocycles. The van der Waals surface area contributed by atoms with E-state index in [1.54, 1.807) is 0 Å². The van der Waals surface area contributed by atoms with E-state index in [9.17, 15) is 9.59 Å². The van der Waals surface area contributed by atoms with E-state index < -0.39 is 11.9 Å². The molecule has 0 aromatic carbocycles. The molecule has 5 heteroatoms. The Kier molecular flexibility index (Phi) is 2.46. The first-order valence-corrected chi connectivity index (χ1v) is 3.81. The summed E-state index contributed by atoms with van der Waals surface area (Å²) in [4.78, 5) is 21.2. The second-order valence-electron chi connectivity index (χ2n) is 2.80. The average molecular weight is 183 g/mol. The smallest absolute Gasteiger partial charge is 0.338 e. The van der Waals surface area contributed by atoms with Crippen molar-refractivity contribution in [2.24, 2.45) is 0 Å². The minimum absolute atomic E-state index is 0.0869. The number of carboxylic acids is 2. The number of hydrogen-bond acceptors (Lipinski definition) is 3. The standard InChI is InChI=1S/C8H9NO4/c9-5-3-1-2-4(7(10)11)6(5)8(12)13/h9H,1-3H2,(H,10,11)(H,12,13). The van der Waals surface area contributed by atoms with Gasteiger partial charge in [-0.2, -0.15) is 0 Å². The van der Waals surface area contributed by atoms with E-state index in [-0.39, 0.29) is 23.3 Å². The van der Waals surface area contributed by atoms with Crippen LogP contribution in [-0.2, 0) is 9.59 Å². The second-order valence-corrected chi connectivity index (χ2v) is 2.80. The Morgan fingerprint density at radius 2 is 1.77 bits per heavy atom. The molecule has 13 heavy (non-hydrogen) atoms. The Labute approximate surface area is 74.2 Å². The van der Waals surface area contributed by atoms with E-state index in [2.05, 4.69) is 0 Å². The van der Waals surface area contributed by atoms with Crippen LogP contribution >= 0.6 is 0 Å². The highest BCUT2D eigenvalue weighted by molar-refractivity contribution is 6.22. The molecule has 0 fully saturated rings. The monoisotopic (exact) mass is 183 g/mol. The van der Waals surface area contributed by atoms with Gasteiger partial charge in [0.2, 0.25) is 0 Å². The van der Waals surface area contributed by atoms with Crippen LogP contribution in [0.25, 0.3) is 0 Å². The number of hydrogen-bond donors (Lipinski definition) is 3. The van der Waals surface area contributed by atoms with Gasteiger partial charge in [-0.1, -0.05) is 0 Å². The molecule has 1 aliphatic rings. The van der Waals surface area contributed by atoms with E-state index in [1.807, 2.05) is 0 Å². The van der Waals surface area contributed by atoms with Crippen LogP contribution in [-0.4, -0.2) is 27.9 Å². The van der Waals surface area contributed by atoms with Crippen molar-refractivity contribution in [3.8, 4) is 0 Å². The zero-order valence-corrected chi connectivity index (χ0v) is 6.83. The number of rotatable bonds is 2. The summed E-state index contributed by atoms with van der Waals surface area (Å²) in [7, 11) is 0. The first kappa shape index (κ1) is 9.44. The summed E-state index contributed by atoms with van der Waals surface area (Å²) in [6.45, 7) is 0. The van der Waals surface area contributed by atoms with Crippen molar-refractivity contribution in [3.63, 3.8) is 0 Å². The Morgan fingerprint density at radius 1 is 1.15 bits per heavy atom. The summed E-state index contributed by atoms with van der Waals surface area (Å²) in [5.74, 6) is -2.55. The van der Waals surface area contributed by atoms with E-state index in [0.717, 1.165) is 0 Å². The molecule has 0 amide bonds. The van der Waals surface area contributed by atoms with Gasteiger partial charge in [0.05, 0.1) is 11.1 Å². The molecule has 1 aliphatic carbocycles. The molecule has 0 bridgehead atoms. The highest BCUT2D eigenvalue weighted by Crippen LogP contribution is 2.22. The minimum atomic E-state index is -1.32. The van der Waals surface area contributed by atoms with Gasteiger partial charge in [0, 0.05) is 5.71 Å². The lowest BCUT2D eigenvalue weighted by atomic mass is 9.90. The van der Waals surface area contributed by atoms with Crippen LogP contribution in [0.1, 0.15) is 19.3 Å². The third-order valence-corrected chi connectivity index (χ3v) is 1.93. The first-order chi connectivity index (χ1) is 6.04. The fraction of sp³-hybridized carbons (Fsp3) is 0.375. The highest BCUT2D eigenvalue weighted by Gasteiger charge is 2.26. The van der Waals surface area contributed by atoms with Crippen LogP contribution in [0.3, 0.4) is 0 Å². The van der Waals surface area contributed by atoms with Crippen molar-refractivity contribution >= 4 is 17.7 Å². The Morgan fingerprint density at radius 3 is 2.15 bits per heavy atom. The van der Waals surface area contributed by atoms with Crippen molar-refractivity contribution in [2.75, 3.05) is 0 Å². The molecule has 5 nitrogen and oxygen atoms in total. The molecule has 0 aromatic heterocycles. The molecule has 0 spiro atoms. The third-order valence-electron chi connectivity index (χ3n) is 1.93. The van der Waals surface area contributed by atoms with E-state index in [1.165, 1.54) is 0 Å². The largest absolute Gasteiger partial charge is 0.478 e. The van der Waals surface area contributed by atoms with Crippen molar-refractivity contribution in [3.05, 3.63) is 11.1 Å². The van der Waals surface area contributed by atoms with E-state index in [0.29, 0.717) is 12.8 Å². The maximum Gasteiger partial charge on any atom is 0.338 e. The Balaban J connectivity index is 3.19. The summed E-state index contributed by atoms with van der Waals surface area (Å²) in [5.41, 5.74) is -0.571. The Bertz CT molecular complexity index is 316. The average Bonchev–Trinajstić information content (AvgIpc) is 2.02. The van der Waals surface area contributed by atoms with Gasteiger partial charge in [-0.25, -0.2) is 9.59 Å². The molecule has 3 N–H and O–H groups in total. The van der Waals surface area contributed by atoms with E-state index >= 15 is 0 Å². The van der Waals surface area contributed by atoms with Gasteiger partial charge in [0.25, 0.3) is 0 Å². The van der Waals surface area contributed by atoms with Crippen molar-refractivity contribution in [1.82, 2.24) is 0 Å². The quantitative estimate of drug-likeness (QED) is 0.585. The Hall–Kier alpha value is -1.65. The van der Waals surface area contributed by atoms with Gasteiger partial charge in [-0.3, -0.25) is 0 Å². The predicted molar refractivity (Wildman–Crippen MR) is 43.9 cm³/mol. The van der Waals surface area contributed by atoms with E-state index in [4.69, 9.17) is 15.6 Å². The zero-order valence-electron chi connectivity index (χ0n) is 6.83. The van der Waals surface area contributed by atoms with Crippen LogP contribution in [0.4, 0.5) is 0 Å². The number of carboxylic acid groups (broad SMARTS) is 2. The number of carbonyl (C=O) groups is 2. The van der Waals surface area contributed by atoms with Crippen LogP contribution < -0.4 is 0 Å². The van der Waals surface area contributed by atoms with Gasteiger partial charge in [-0.05, 0) is 19.3 Å². The molecule has 0 aromatic rings. The number of nitrogens with one attached hydrogen (secondary N) is 1. The molecule has 0 saturated carbocycles. The second kappa shape index (κ2) is 3.38. The predicted octanol–water partition coefficient (Wildman–Crippen LogP) is 0.656. The highest BCUT2D eigenvalue weighted by atomic mass is 16.4. The van der Waals surface area contributed by atoms with Crippen molar-refractivity contribution in [2.45, 2.75) is 19.3 Å². The molecule has 0 saturated heterocycles. The molecular weight excluding hydrogens is 174 g/mol. The lowest BCUT2D eigenvalue weighted by molar-refractivity contribution is -0.135. The SMILES string of the molecule is N=C1CCCC(C(=O)O)=C1C(=O)O. The summed E-state index contributed by atoms with van der Waals surface area (Å²) in [5, 5.41) is 24.6. The topological polar surface area (TPSA) is 98.5 Å². The van der Waals surface area contributed by atoms with Crippen LogP contribution in [0.5, 0.6) is 0 Å². The summed E-state index contributed by atoms with van der Waals surface area (Å²) in [6, 6.07) is 0. The lowest BCUT2D eigenvalue weighted by Gasteiger charge is -2.14. The minimum Gasteiger partial charge on any atom is -0.478 e. The summed E-state index contributed by atoms with van der Waals surface area (Å²) >= 11 is 0. The van der Waals surface area contributed by atoms with Gasteiger partial charge in [0.1, 0.15) is 0 Å². The maximum absolute atomic E-state index is 10.6. The summed E-state index contributed by atoms with van der Waals surface area (Å²) < 4.78 is 0. The van der Waals surface area contributed by atoms with Crippen LogP contribution in [0.2, 0.25) is 0 Å². The maximum atomic E-state index is 10.6. The van der Waals surface area contributed by atoms with Crippen LogP contribution in [0.15, 0.2) is 11.1 Å². The fourth-order valence-corrected chi connectivity index (χ4v) is 1.35. The third kappa shape index (κ3) is 1.74. The van der Waals surface area contributed by atoms with Gasteiger partial charge in [0.15, 0.2) is 0 Å². The lowest BCUT2D eigenvalue weighted by Crippen LogP contribution is -2.22. The molecular formula is C8H9NO4. The van der Waals surface area contributed by atoms with Crippen LogP contribution in [0, 0.1) is 5.41 Å². The zero-order chi connectivity index (χ0) is 10.0. The van der Waals surface area contributed by atoms with Gasteiger partial charge < -0.3 is 15.6 Å². The van der Waals surface area contributed by atoms with Gasteiger partial charge >= 0.3 is 11.9 Å². The normalized spacial score (nSPS) is 17.4. The molecule has 1 rings (SSSR count).